The first-order valence-electron chi connectivity index (χ1n) is 9.28. The number of aromatic nitrogens is 3. The van der Waals surface area contributed by atoms with Crippen LogP contribution >= 0.6 is 11.3 Å². The van der Waals surface area contributed by atoms with Crippen LogP contribution in [0.5, 0.6) is 0 Å². The normalized spacial score (nSPS) is 17.1. The molecule has 1 unspecified atom stereocenters. The first-order chi connectivity index (χ1) is 13.8. The molecule has 140 valence electrons. The van der Waals surface area contributed by atoms with Crippen LogP contribution in [0, 0.1) is 0 Å². The molecule has 1 fully saturated rings. The molecule has 3 aromatic heterocycles. The Labute approximate surface area is 165 Å². The standard InChI is InChI=1S/C21H18N4O2S/c26-21(16-8-11-28-13-16)25-10-3-5-15(12-25)19-23-24-20(27-19)18-17-6-2-1-4-14(17)7-9-22-18/h1-2,4,6-9,11,13,15H,3,5,10,12H2. The minimum atomic E-state index is 0.0487. The van der Waals surface area contributed by atoms with Gasteiger partial charge in [-0.05, 0) is 35.7 Å². The fraction of sp³-hybridized carbons (Fsp3) is 0.238. The van der Waals surface area contributed by atoms with Crippen molar-refractivity contribution < 1.29 is 9.21 Å². The van der Waals surface area contributed by atoms with Gasteiger partial charge in [0.2, 0.25) is 5.89 Å². The van der Waals surface area contributed by atoms with E-state index < -0.39 is 0 Å². The Morgan fingerprint density at radius 2 is 2.11 bits per heavy atom. The smallest absolute Gasteiger partial charge is 0.266 e. The van der Waals surface area contributed by atoms with Crippen LogP contribution in [0.15, 0.2) is 57.8 Å². The maximum absolute atomic E-state index is 12.7. The van der Waals surface area contributed by atoms with E-state index in [9.17, 15) is 4.79 Å². The van der Waals surface area contributed by atoms with Gasteiger partial charge in [0.25, 0.3) is 11.8 Å². The lowest BCUT2D eigenvalue weighted by molar-refractivity contribution is 0.0699. The highest BCUT2D eigenvalue weighted by atomic mass is 32.1. The largest absolute Gasteiger partial charge is 0.419 e. The molecular formula is C21H18N4O2S. The van der Waals surface area contributed by atoms with Gasteiger partial charge in [-0.1, -0.05) is 24.3 Å². The van der Waals surface area contributed by atoms with Gasteiger partial charge in [-0.2, -0.15) is 11.3 Å². The van der Waals surface area contributed by atoms with Crippen LogP contribution in [0.1, 0.15) is 35.0 Å². The van der Waals surface area contributed by atoms with Crippen LogP contribution in [-0.2, 0) is 0 Å². The lowest BCUT2D eigenvalue weighted by Crippen LogP contribution is -2.39. The van der Waals surface area contributed by atoms with Crippen molar-refractivity contribution in [3.63, 3.8) is 0 Å². The summed E-state index contributed by atoms with van der Waals surface area (Å²) in [6.45, 7) is 1.36. The molecule has 1 aliphatic heterocycles. The molecule has 1 aromatic carbocycles. The van der Waals surface area contributed by atoms with Crippen LogP contribution in [0.2, 0.25) is 0 Å². The molecule has 5 rings (SSSR count). The summed E-state index contributed by atoms with van der Waals surface area (Å²) >= 11 is 1.54. The zero-order valence-electron chi connectivity index (χ0n) is 15.1. The maximum Gasteiger partial charge on any atom is 0.266 e. The molecule has 0 bridgehead atoms. The van der Waals surface area contributed by atoms with Gasteiger partial charge < -0.3 is 9.32 Å². The highest BCUT2D eigenvalue weighted by Crippen LogP contribution is 2.31. The number of carbonyl (C=O) groups excluding carboxylic acids is 1. The predicted molar refractivity (Wildman–Crippen MR) is 107 cm³/mol. The van der Waals surface area contributed by atoms with Crippen LogP contribution in [0.25, 0.3) is 22.4 Å². The van der Waals surface area contributed by atoms with Crippen molar-refractivity contribution in [3.05, 3.63) is 64.8 Å². The topological polar surface area (TPSA) is 72.1 Å². The third-order valence-electron chi connectivity index (χ3n) is 5.14. The summed E-state index contributed by atoms with van der Waals surface area (Å²) < 4.78 is 6.02. The SMILES string of the molecule is O=C(c1ccsc1)N1CCCC(c2nnc(-c3nccc4ccccc34)o2)C1. The lowest BCUT2D eigenvalue weighted by Gasteiger charge is -2.30. The van der Waals surface area contributed by atoms with Gasteiger partial charge in [-0.3, -0.25) is 9.78 Å². The van der Waals surface area contributed by atoms with Crippen molar-refractivity contribution in [3.8, 4) is 11.6 Å². The van der Waals surface area contributed by atoms with E-state index in [0.29, 0.717) is 24.0 Å². The second kappa shape index (κ2) is 7.16. The summed E-state index contributed by atoms with van der Waals surface area (Å²) in [6.07, 6.45) is 3.60. The third kappa shape index (κ3) is 3.07. The summed E-state index contributed by atoms with van der Waals surface area (Å²) in [7, 11) is 0. The van der Waals surface area contributed by atoms with E-state index in [2.05, 4.69) is 15.2 Å². The van der Waals surface area contributed by atoms with Crippen molar-refractivity contribution in [2.45, 2.75) is 18.8 Å². The Balaban J connectivity index is 1.40. The van der Waals surface area contributed by atoms with Crippen molar-refractivity contribution >= 4 is 28.0 Å². The number of rotatable bonds is 3. The molecule has 0 saturated carbocycles. The van der Waals surface area contributed by atoms with Gasteiger partial charge in [0.05, 0.1) is 11.5 Å². The first-order valence-corrected chi connectivity index (χ1v) is 10.2. The molecule has 1 amide bonds. The Hall–Kier alpha value is -3.06. The lowest BCUT2D eigenvalue weighted by atomic mass is 9.97. The van der Waals surface area contributed by atoms with Gasteiger partial charge in [0, 0.05) is 30.1 Å². The molecule has 4 aromatic rings. The maximum atomic E-state index is 12.7. The van der Waals surface area contributed by atoms with Crippen molar-refractivity contribution in [1.82, 2.24) is 20.1 Å². The molecule has 1 aliphatic rings. The predicted octanol–water partition coefficient (Wildman–Crippen LogP) is 4.37. The average Bonchev–Trinajstić information content (AvgIpc) is 3.45. The molecule has 28 heavy (non-hydrogen) atoms. The second-order valence-corrected chi connectivity index (χ2v) is 7.71. The summed E-state index contributed by atoms with van der Waals surface area (Å²) in [6, 6.07) is 11.8. The molecule has 0 N–H and O–H groups in total. The highest BCUT2D eigenvalue weighted by molar-refractivity contribution is 7.08. The summed E-state index contributed by atoms with van der Waals surface area (Å²) in [5, 5.41) is 14.4. The minimum absolute atomic E-state index is 0.0487. The van der Waals surface area contributed by atoms with E-state index >= 15 is 0 Å². The average molecular weight is 390 g/mol. The molecule has 1 atom stereocenters. The van der Waals surface area contributed by atoms with E-state index in [1.807, 2.05) is 52.1 Å². The molecular weight excluding hydrogens is 372 g/mol. The zero-order valence-corrected chi connectivity index (χ0v) is 15.9. The summed E-state index contributed by atoms with van der Waals surface area (Å²) in [4.78, 5) is 19.0. The quantitative estimate of drug-likeness (QED) is 0.519. The Bertz CT molecular complexity index is 1120. The van der Waals surface area contributed by atoms with Crippen LogP contribution in [0.4, 0.5) is 0 Å². The van der Waals surface area contributed by atoms with E-state index in [-0.39, 0.29) is 11.8 Å². The summed E-state index contributed by atoms with van der Waals surface area (Å²) in [5.41, 5.74) is 1.44. The number of piperidine rings is 1. The summed E-state index contributed by atoms with van der Waals surface area (Å²) in [5.74, 6) is 1.12. The highest BCUT2D eigenvalue weighted by Gasteiger charge is 2.29. The third-order valence-corrected chi connectivity index (χ3v) is 5.83. The minimum Gasteiger partial charge on any atom is -0.419 e. The number of hydrogen-bond acceptors (Lipinski definition) is 6. The van der Waals surface area contributed by atoms with Crippen LogP contribution in [-0.4, -0.2) is 39.1 Å². The number of fused-ring (bicyclic) bond motifs is 1. The monoisotopic (exact) mass is 390 g/mol. The van der Waals surface area contributed by atoms with Crippen LogP contribution < -0.4 is 0 Å². The number of pyridine rings is 1. The first kappa shape index (κ1) is 17.1. The van der Waals surface area contributed by atoms with Gasteiger partial charge in [0.1, 0.15) is 5.69 Å². The molecule has 4 heterocycles. The molecule has 7 heteroatoms. The Morgan fingerprint density at radius 3 is 3.00 bits per heavy atom. The molecule has 6 nitrogen and oxygen atoms in total. The van der Waals surface area contributed by atoms with Gasteiger partial charge >= 0.3 is 0 Å². The number of benzene rings is 1. The van der Waals surface area contributed by atoms with E-state index in [0.717, 1.165) is 35.7 Å². The van der Waals surface area contributed by atoms with Crippen molar-refractivity contribution in [2.75, 3.05) is 13.1 Å². The van der Waals surface area contributed by atoms with Crippen LogP contribution in [0.3, 0.4) is 0 Å². The second-order valence-electron chi connectivity index (χ2n) is 6.93. The molecule has 0 aliphatic carbocycles. The number of nitrogens with zero attached hydrogens (tertiary/aromatic N) is 4. The van der Waals surface area contributed by atoms with E-state index in [4.69, 9.17) is 4.42 Å². The van der Waals surface area contributed by atoms with Crippen molar-refractivity contribution in [2.24, 2.45) is 0 Å². The molecule has 0 spiro atoms. The molecule has 0 radical (unpaired) electrons. The number of likely N-dealkylation sites (tertiary alicyclic amines) is 1. The Kier molecular flexibility index (Phi) is 4.37. The number of carbonyl (C=O) groups is 1. The van der Waals surface area contributed by atoms with Gasteiger partial charge in [0.15, 0.2) is 0 Å². The van der Waals surface area contributed by atoms with Crippen molar-refractivity contribution in [1.29, 1.82) is 0 Å². The molecule has 1 saturated heterocycles. The van der Waals surface area contributed by atoms with Gasteiger partial charge in [-0.25, -0.2) is 0 Å². The zero-order chi connectivity index (χ0) is 18.9. The Morgan fingerprint density at radius 1 is 1.18 bits per heavy atom. The van der Waals surface area contributed by atoms with Gasteiger partial charge in [-0.15, -0.1) is 10.2 Å². The fourth-order valence-electron chi connectivity index (χ4n) is 3.72. The van der Waals surface area contributed by atoms with E-state index in [1.54, 1.807) is 6.20 Å². The number of hydrogen-bond donors (Lipinski definition) is 0. The number of thiophene rings is 1. The van der Waals surface area contributed by atoms with E-state index in [1.165, 1.54) is 11.3 Å². The number of amides is 1. The fourth-order valence-corrected chi connectivity index (χ4v) is 4.35.